The van der Waals surface area contributed by atoms with Crippen molar-refractivity contribution < 1.29 is 4.74 Å². The molecule has 2 rings (SSSR count). The number of rotatable bonds is 4. The normalized spacial score (nSPS) is 17.5. The van der Waals surface area contributed by atoms with E-state index in [2.05, 4.69) is 25.1 Å². The van der Waals surface area contributed by atoms with Crippen molar-refractivity contribution >= 4 is 0 Å². The van der Waals surface area contributed by atoms with Crippen LogP contribution in [0.25, 0.3) is 0 Å². The molecule has 1 aliphatic carbocycles. The zero-order valence-corrected chi connectivity index (χ0v) is 9.55. The largest absolute Gasteiger partial charge is 0.496 e. The Hall–Kier alpha value is -1.02. The lowest BCUT2D eigenvalue weighted by atomic mass is 9.93. The molecule has 1 aromatic rings. The molecule has 2 N–H and O–H groups in total. The average Bonchev–Trinajstić information content (AvgIpc) is 3.09. The summed E-state index contributed by atoms with van der Waals surface area (Å²) < 4.78 is 5.42. The Labute approximate surface area is 91.4 Å². The summed E-state index contributed by atoms with van der Waals surface area (Å²) in [4.78, 5) is 0. The first-order valence-electron chi connectivity index (χ1n) is 5.63. The highest BCUT2D eigenvalue weighted by Crippen LogP contribution is 2.50. The van der Waals surface area contributed by atoms with Crippen molar-refractivity contribution in [3.8, 4) is 5.75 Å². The first-order valence-corrected chi connectivity index (χ1v) is 5.63. The van der Waals surface area contributed by atoms with Gasteiger partial charge in [0, 0.05) is 17.5 Å². The van der Waals surface area contributed by atoms with Crippen LogP contribution in [0, 0.1) is 0 Å². The van der Waals surface area contributed by atoms with Gasteiger partial charge in [0.2, 0.25) is 0 Å². The first-order chi connectivity index (χ1) is 7.25. The summed E-state index contributed by atoms with van der Waals surface area (Å²) in [5.74, 6) is 0.996. The van der Waals surface area contributed by atoms with Gasteiger partial charge < -0.3 is 10.5 Å². The molecule has 15 heavy (non-hydrogen) atoms. The van der Waals surface area contributed by atoms with Gasteiger partial charge in [0.05, 0.1) is 7.11 Å². The van der Waals surface area contributed by atoms with E-state index < -0.39 is 0 Å². The van der Waals surface area contributed by atoms with Crippen LogP contribution in [0.2, 0.25) is 0 Å². The molecule has 2 heteroatoms. The number of hydrogen-bond donors (Lipinski definition) is 1. The second kappa shape index (κ2) is 3.86. The predicted molar refractivity (Wildman–Crippen MR) is 62.3 cm³/mol. The molecule has 2 nitrogen and oxygen atoms in total. The first kappa shape index (κ1) is 10.5. The molecule has 0 unspecified atom stereocenters. The maximum atomic E-state index is 5.86. The maximum Gasteiger partial charge on any atom is 0.122 e. The fourth-order valence-electron chi connectivity index (χ4n) is 2.12. The van der Waals surface area contributed by atoms with Crippen LogP contribution in [-0.4, -0.2) is 13.7 Å². The molecule has 1 fully saturated rings. The van der Waals surface area contributed by atoms with E-state index >= 15 is 0 Å². The Kier molecular flexibility index (Phi) is 2.70. The predicted octanol–water partition coefficient (Wildman–Crippen LogP) is 2.25. The number of hydrogen-bond acceptors (Lipinski definition) is 2. The van der Waals surface area contributed by atoms with E-state index in [9.17, 15) is 0 Å². The summed E-state index contributed by atoms with van der Waals surface area (Å²) >= 11 is 0. The maximum absolute atomic E-state index is 5.86. The minimum absolute atomic E-state index is 0.219. The van der Waals surface area contributed by atoms with E-state index in [4.69, 9.17) is 10.5 Å². The number of methoxy groups -OCH3 is 1. The van der Waals surface area contributed by atoms with Gasteiger partial charge in [0.1, 0.15) is 5.75 Å². The van der Waals surface area contributed by atoms with Gasteiger partial charge in [-0.3, -0.25) is 0 Å². The number of aryl methyl sites for hydroxylation is 1. The SMILES string of the molecule is CCc1ccc(OC)c(C2(CN)CC2)c1. The van der Waals surface area contributed by atoms with E-state index in [1.807, 2.05) is 0 Å². The van der Waals surface area contributed by atoms with Gasteiger partial charge in [-0.15, -0.1) is 0 Å². The highest BCUT2D eigenvalue weighted by atomic mass is 16.5. The molecule has 1 aromatic carbocycles. The third-order valence-electron chi connectivity index (χ3n) is 3.49. The second-order valence-corrected chi connectivity index (χ2v) is 4.37. The zero-order chi connectivity index (χ0) is 10.9. The van der Waals surface area contributed by atoms with Gasteiger partial charge in [-0.2, -0.15) is 0 Å². The van der Waals surface area contributed by atoms with E-state index in [-0.39, 0.29) is 5.41 Å². The van der Waals surface area contributed by atoms with Crippen LogP contribution in [0.1, 0.15) is 30.9 Å². The number of nitrogens with two attached hydrogens (primary N) is 1. The average molecular weight is 205 g/mol. The fourth-order valence-corrected chi connectivity index (χ4v) is 2.12. The third-order valence-corrected chi connectivity index (χ3v) is 3.49. The number of ether oxygens (including phenoxy) is 1. The van der Waals surface area contributed by atoms with Crippen LogP contribution >= 0.6 is 0 Å². The lowest BCUT2D eigenvalue weighted by Gasteiger charge is -2.17. The summed E-state index contributed by atoms with van der Waals surface area (Å²) in [5, 5.41) is 0. The molecule has 0 atom stereocenters. The van der Waals surface area contributed by atoms with Crippen molar-refractivity contribution in [1.29, 1.82) is 0 Å². The molecular formula is C13H19NO. The van der Waals surface area contributed by atoms with Crippen molar-refractivity contribution in [2.75, 3.05) is 13.7 Å². The van der Waals surface area contributed by atoms with Crippen LogP contribution < -0.4 is 10.5 Å². The Balaban J connectivity index is 2.42. The lowest BCUT2D eigenvalue weighted by molar-refractivity contribution is 0.404. The molecule has 0 heterocycles. The minimum atomic E-state index is 0.219. The summed E-state index contributed by atoms with van der Waals surface area (Å²) in [7, 11) is 1.73. The van der Waals surface area contributed by atoms with Gasteiger partial charge in [-0.25, -0.2) is 0 Å². The van der Waals surface area contributed by atoms with E-state index in [1.54, 1.807) is 7.11 Å². The smallest absolute Gasteiger partial charge is 0.122 e. The molecule has 0 spiro atoms. The number of benzene rings is 1. The van der Waals surface area contributed by atoms with Crippen LogP contribution in [0.3, 0.4) is 0 Å². The van der Waals surface area contributed by atoms with Crippen molar-refractivity contribution in [2.24, 2.45) is 5.73 Å². The topological polar surface area (TPSA) is 35.2 Å². The summed E-state index contributed by atoms with van der Waals surface area (Å²) in [6.07, 6.45) is 3.47. The summed E-state index contributed by atoms with van der Waals surface area (Å²) in [6.45, 7) is 2.91. The molecule has 0 amide bonds. The van der Waals surface area contributed by atoms with Crippen molar-refractivity contribution in [3.05, 3.63) is 29.3 Å². The highest BCUT2D eigenvalue weighted by molar-refractivity contribution is 5.46. The Morgan fingerprint density at radius 1 is 1.40 bits per heavy atom. The second-order valence-electron chi connectivity index (χ2n) is 4.37. The monoisotopic (exact) mass is 205 g/mol. The molecule has 0 radical (unpaired) electrons. The molecule has 1 saturated carbocycles. The molecule has 1 aliphatic rings. The van der Waals surface area contributed by atoms with Gasteiger partial charge in [0.15, 0.2) is 0 Å². The third kappa shape index (κ3) is 1.74. The van der Waals surface area contributed by atoms with E-state index in [1.165, 1.54) is 24.0 Å². The van der Waals surface area contributed by atoms with Crippen LogP contribution in [0.4, 0.5) is 0 Å². The zero-order valence-electron chi connectivity index (χ0n) is 9.55. The van der Waals surface area contributed by atoms with Gasteiger partial charge in [-0.1, -0.05) is 19.1 Å². The standard InChI is InChI=1S/C13H19NO/c1-3-10-4-5-12(15-2)11(8-10)13(9-14)6-7-13/h4-5,8H,3,6-7,9,14H2,1-2H3. The molecule has 0 saturated heterocycles. The Morgan fingerprint density at radius 2 is 2.13 bits per heavy atom. The molecule has 0 aromatic heterocycles. The fraction of sp³-hybridized carbons (Fsp3) is 0.538. The highest BCUT2D eigenvalue weighted by Gasteiger charge is 2.44. The van der Waals surface area contributed by atoms with Gasteiger partial charge >= 0.3 is 0 Å². The van der Waals surface area contributed by atoms with Crippen molar-refractivity contribution in [3.63, 3.8) is 0 Å². The Bertz CT molecular complexity index is 356. The molecule has 82 valence electrons. The van der Waals surface area contributed by atoms with E-state index in [0.29, 0.717) is 0 Å². The van der Waals surface area contributed by atoms with Crippen molar-refractivity contribution in [2.45, 2.75) is 31.6 Å². The Morgan fingerprint density at radius 3 is 2.60 bits per heavy atom. The molecule has 0 bridgehead atoms. The summed E-state index contributed by atoms with van der Waals surface area (Å²) in [5.41, 5.74) is 8.76. The van der Waals surface area contributed by atoms with Crippen molar-refractivity contribution in [1.82, 2.24) is 0 Å². The van der Waals surface area contributed by atoms with Gasteiger partial charge in [0.25, 0.3) is 0 Å². The minimum Gasteiger partial charge on any atom is -0.496 e. The molecule has 0 aliphatic heterocycles. The summed E-state index contributed by atoms with van der Waals surface area (Å²) in [6, 6.07) is 6.47. The van der Waals surface area contributed by atoms with Crippen LogP contribution in [-0.2, 0) is 11.8 Å². The van der Waals surface area contributed by atoms with Crippen LogP contribution in [0.5, 0.6) is 5.75 Å². The quantitative estimate of drug-likeness (QED) is 0.818. The molecular weight excluding hydrogens is 186 g/mol. The lowest BCUT2D eigenvalue weighted by Crippen LogP contribution is -2.20. The van der Waals surface area contributed by atoms with Crippen LogP contribution in [0.15, 0.2) is 18.2 Å². The van der Waals surface area contributed by atoms with Gasteiger partial charge in [-0.05, 0) is 30.9 Å². The van der Waals surface area contributed by atoms with E-state index in [0.717, 1.165) is 18.7 Å².